The van der Waals surface area contributed by atoms with Crippen molar-refractivity contribution in [2.75, 3.05) is 27.3 Å². The maximum absolute atomic E-state index is 11.6. The minimum Gasteiger partial charge on any atom is -0.466 e. The lowest BCUT2D eigenvalue weighted by Crippen LogP contribution is -2.47. The molecule has 0 spiro atoms. The summed E-state index contributed by atoms with van der Waals surface area (Å²) in [6.45, 7) is 3.84. The van der Waals surface area contributed by atoms with Gasteiger partial charge < -0.3 is 14.6 Å². The number of hydrogen-bond acceptors (Lipinski definition) is 6. The largest absolute Gasteiger partial charge is 0.466 e. The van der Waals surface area contributed by atoms with Crippen LogP contribution in [-0.2, 0) is 19.1 Å². The number of rotatable bonds is 7. The summed E-state index contributed by atoms with van der Waals surface area (Å²) in [6, 6.07) is -0.862. The summed E-state index contributed by atoms with van der Waals surface area (Å²) in [5, 5.41) is 9.83. The third-order valence-corrected chi connectivity index (χ3v) is 2.13. The Bertz CT molecular complexity index is 254. The van der Waals surface area contributed by atoms with Crippen LogP contribution in [0.15, 0.2) is 0 Å². The molecule has 0 aromatic heterocycles. The van der Waals surface area contributed by atoms with E-state index >= 15 is 0 Å². The van der Waals surface area contributed by atoms with Crippen molar-refractivity contribution in [3.05, 3.63) is 0 Å². The van der Waals surface area contributed by atoms with Crippen molar-refractivity contribution in [1.29, 1.82) is 0 Å². The van der Waals surface area contributed by atoms with Crippen molar-refractivity contribution < 1.29 is 24.2 Å². The monoisotopic (exact) mass is 247 g/mol. The molecule has 0 fully saturated rings. The molecule has 17 heavy (non-hydrogen) atoms. The second-order valence-electron chi connectivity index (χ2n) is 3.74. The van der Waals surface area contributed by atoms with Crippen LogP contribution in [0.5, 0.6) is 0 Å². The average Bonchev–Trinajstić information content (AvgIpc) is 2.17. The second kappa shape index (κ2) is 8.03. The Hall–Kier alpha value is -1.14. The Morgan fingerprint density at radius 3 is 2.12 bits per heavy atom. The van der Waals surface area contributed by atoms with Crippen molar-refractivity contribution >= 4 is 11.9 Å². The normalized spacial score (nSPS) is 14.2. The Kier molecular flexibility index (Phi) is 7.49. The topological polar surface area (TPSA) is 76.1 Å². The molecular weight excluding hydrogens is 226 g/mol. The highest BCUT2D eigenvalue weighted by atomic mass is 16.5. The van der Waals surface area contributed by atoms with Crippen molar-refractivity contribution in [2.45, 2.75) is 32.4 Å². The zero-order valence-electron chi connectivity index (χ0n) is 10.8. The highest BCUT2D eigenvalue weighted by molar-refractivity contribution is 5.78. The number of hydrogen-bond donors (Lipinski definition) is 1. The third kappa shape index (κ3) is 5.65. The second-order valence-corrected chi connectivity index (χ2v) is 3.74. The lowest BCUT2D eigenvalue weighted by atomic mass is 10.1. The Morgan fingerprint density at radius 1 is 1.18 bits per heavy atom. The van der Waals surface area contributed by atoms with Gasteiger partial charge in [-0.25, -0.2) is 0 Å². The van der Waals surface area contributed by atoms with E-state index in [-0.39, 0.29) is 19.6 Å². The van der Waals surface area contributed by atoms with E-state index in [1.807, 2.05) is 0 Å². The number of carbonyl (C=O) groups excluding carboxylic acids is 2. The van der Waals surface area contributed by atoms with Crippen molar-refractivity contribution in [3.8, 4) is 0 Å². The molecule has 2 atom stereocenters. The zero-order chi connectivity index (χ0) is 13.4. The van der Waals surface area contributed by atoms with Gasteiger partial charge >= 0.3 is 11.9 Å². The quantitative estimate of drug-likeness (QED) is 0.628. The van der Waals surface area contributed by atoms with Crippen molar-refractivity contribution in [3.63, 3.8) is 0 Å². The van der Waals surface area contributed by atoms with Gasteiger partial charge in [0.2, 0.25) is 0 Å². The number of carbonyl (C=O) groups is 2. The number of nitrogens with zero attached hydrogens (tertiary/aromatic N) is 1. The molecule has 0 radical (unpaired) electrons. The van der Waals surface area contributed by atoms with Gasteiger partial charge in [0, 0.05) is 0 Å². The van der Waals surface area contributed by atoms with Gasteiger partial charge in [-0.05, 0) is 27.9 Å². The van der Waals surface area contributed by atoms with E-state index in [1.54, 1.807) is 27.9 Å². The fourth-order valence-electron chi connectivity index (χ4n) is 1.44. The smallest absolute Gasteiger partial charge is 0.326 e. The van der Waals surface area contributed by atoms with Gasteiger partial charge in [0.25, 0.3) is 0 Å². The van der Waals surface area contributed by atoms with Crippen LogP contribution in [0.2, 0.25) is 0 Å². The van der Waals surface area contributed by atoms with Crippen LogP contribution in [0.3, 0.4) is 0 Å². The molecule has 0 aliphatic heterocycles. The van der Waals surface area contributed by atoms with Crippen molar-refractivity contribution in [1.82, 2.24) is 4.90 Å². The maximum Gasteiger partial charge on any atom is 0.326 e. The Balaban J connectivity index is 4.49. The number of aliphatic hydroxyl groups excluding tert-OH is 1. The minimum atomic E-state index is -1.14. The van der Waals surface area contributed by atoms with Gasteiger partial charge in [-0.3, -0.25) is 14.5 Å². The highest BCUT2D eigenvalue weighted by Gasteiger charge is 2.32. The molecule has 0 aliphatic rings. The van der Waals surface area contributed by atoms with Gasteiger partial charge in [-0.15, -0.1) is 0 Å². The van der Waals surface area contributed by atoms with Gasteiger partial charge in [0.15, 0.2) is 0 Å². The number of aliphatic hydroxyl groups is 1. The summed E-state index contributed by atoms with van der Waals surface area (Å²) in [6.07, 6.45) is -1.36. The predicted octanol–water partition coefficient (Wildman–Crippen LogP) is -0.206. The van der Waals surface area contributed by atoms with E-state index in [0.29, 0.717) is 0 Å². The minimum absolute atomic E-state index is 0.227. The molecule has 0 aliphatic carbocycles. The molecule has 6 nitrogen and oxygen atoms in total. The summed E-state index contributed by atoms with van der Waals surface area (Å²) < 4.78 is 9.55. The van der Waals surface area contributed by atoms with Gasteiger partial charge in [0.05, 0.1) is 25.7 Å². The molecule has 1 N–H and O–H groups in total. The summed E-state index contributed by atoms with van der Waals surface area (Å²) in [7, 11) is 3.27. The first-order valence-corrected chi connectivity index (χ1v) is 5.60. The molecule has 6 heteroatoms. The SMILES string of the molecule is CCOC(=O)CC(O)C(C(=O)OCC)N(C)C. The zero-order valence-corrected chi connectivity index (χ0v) is 10.8. The van der Waals surface area contributed by atoms with Crippen LogP contribution in [0.25, 0.3) is 0 Å². The molecule has 0 saturated carbocycles. The Labute approximate surface area is 101 Å². The molecule has 0 rings (SSSR count). The van der Waals surface area contributed by atoms with Crippen LogP contribution < -0.4 is 0 Å². The first kappa shape index (κ1) is 15.9. The Morgan fingerprint density at radius 2 is 1.71 bits per heavy atom. The molecule has 0 aromatic carbocycles. The number of ether oxygens (including phenoxy) is 2. The van der Waals surface area contributed by atoms with Crippen LogP contribution in [0.1, 0.15) is 20.3 Å². The highest BCUT2D eigenvalue weighted by Crippen LogP contribution is 2.08. The fraction of sp³-hybridized carbons (Fsp3) is 0.818. The van der Waals surface area contributed by atoms with Gasteiger partial charge in [0.1, 0.15) is 6.04 Å². The van der Waals surface area contributed by atoms with E-state index in [0.717, 1.165) is 0 Å². The molecular formula is C11H21NO5. The van der Waals surface area contributed by atoms with Crippen molar-refractivity contribution in [2.24, 2.45) is 0 Å². The first-order chi connectivity index (χ1) is 7.93. The lowest BCUT2D eigenvalue weighted by Gasteiger charge is -2.26. The van der Waals surface area contributed by atoms with E-state index in [1.165, 1.54) is 4.90 Å². The molecule has 0 amide bonds. The van der Waals surface area contributed by atoms with E-state index in [4.69, 9.17) is 9.47 Å². The van der Waals surface area contributed by atoms with Crippen LogP contribution in [-0.4, -0.2) is 61.4 Å². The molecule has 0 saturated heterocycles. The summed E-state index contributed by atoms with van der Waals surface area (Å²) in [5.41, 5.74) is 0. The summed E-state index contributed by atoms with van der Waals surface area (Å²) in [4.78, 5) is 24.3. The maximum atomic E-state index is 11.6. The molecule has 0 bridgehead atoms. The predicted molar refractivity (Wildman–Crippen MR) is 61.4 cm³/mol. The summed E-state index contributed by atoms with van der Waals surface area (Å²) >= 11 is 0. The van der Waals surface area contributed by atoms with E-state index in [2.05, 4.69) is 0 Å². The molecule has 0 aromatic rings. The van der Waals surface area contributed by atoms with Crippen LogP contribution in [0.4, 0.5) is 0 Å². The standard InChI is InChI=1S/C11H21NO5/c1-5-16-9(14)7-8(13)10(12(3)4)11(15)17-6-2/h8,10,13H,5-7H2,1-4H3. The van der Waals surface area contributed by atoms with Gasteiger partial charge in [-0.1, -0.05) is 0 Å². The number of esters is 2. The summed E-state index contributed by atoms with van der Waals surface area (Å²) in [5.74, 6) is -1.08. The van der Waals surface area contributed by atoms with E-state index < -0.39 is 24.1 Å². The van der Waals surface area contributed by atoms with Crippen LogP contribution in [0, 0.1) is 0 Å². The molecule has 2 unspecified atom stereocenters. The first-order valence-electron chi connectivity index (χ1n) is 5.60. The van der Waals surface area contributed by atoms with E-state index in [9.17, 15) is 14.7 Å². The fourth-order valence-corrected chi connectivity index (χ4v) is 1.44. The lowest BCUT2D eigenvalue weighted by molar-refractivity contribution is -0.155. The molecule has 100 valence electrons. The molecule has 0 heterocycles. The number of likely N-dealkylation sites (N-methyl/N-ethyl adjacent to an activating group) is 1. The third-order valence-electron chi connectivity index (χ3n) is 2.13. The van der Waals surface area contributed by atoms with Crippen LogP contribution >= 0.6 is 0 Å². The average molecular weight is 247 g/mol. The van der Waals surface area contributed by atoms with Gasteiger partial charge in [-0.2, -0.15) is 0 Å².